The molecule has 0 aliphatic carbocycles. The van der Waals surface area contributed by atoms with Gasteiger partial charge in [0.15, 0.2) is 0 Å². The zero-order valence-electron chi connectivity index (χ0n) is 11.9. The predicted molar refractivity (Wildman–Crippen MR) is 79.9 cm³/mol. The fourth-order valence-corrected chi connectivity index (χ4v) is 4.85. The first-order valence-corrected chi connectivity index (χ1v) is 9.09. The van der Waals surface area contributed by atoms with Crippen LogP contribution in [0.1, 0.15) is 44.9 Å². The van der Waals surface area contributed by atoms with Crippen LogP contribution in [0.25, 0.3) is 0 Å². The van der Waals surface area contributed by atoms with Gasteiger partial charge in [0, 0.05) is 19.3 Å². The van der Waals surface area contributed by atoms with Crippen LogP contribution in [-0.4, -0.2) is 49.0 Å². The van der Waals surface area contributed by atoms with Crippen LogP contribution in [0.2, 0.25) is 0 Å². The van der Waals surface area contributed by atoms with E-state index in [4.69, 9.17) is 9.47 Å². The minimum atomic E-state index is 0.213. The normalized spacial score (nSPS) is 34.7. The molecule has 4 heteroatoms. The topological polar surface area (TPSA) is 30.5 Å². The van der Waals surface area contributed by atoms with E-state index in [1.165, 1.54) is 56.5 Å². The first-order chi connectivity index (χ1) is 9.36. The molecule has 110 valence electrons. The maximum absolute atomic E-state index is 6.14. The van der Waals surface area contributed by atoms with Gasteiger partial charge in [0.05, 0.1) is 11.7 Å². The smallest absolute Gasteiger partial charge is 0.0713 e. The van der Waals surface area contributed by atoms with Crippen molar-refractivity contribution in [2.24, 2.45) is 0 Å². The molecule has 3 nitrogen and oxygen atoms in total. The van der Waals surface area contributed by atoms with E-state index in [1.54, 1.807) is 0 Å². The van der Waals surface area contributed by atoms with Gasteiger partial charge in [0.2, 0.25) is 0 Å². The van der Waals surface area contributed by atoms with Crippen molar-refractivity contribution in [1.29, 1.82) is 0 Å². The Morgan fingerprint density at radius 1 is 1.16 bits per heavy atom. The Balaban J connectivity index is 1.40. The Morgan fingerprint density at radius 2 is 2.05 bits per heavy atom. The van der Waals surface area contributed by atoms with Crippen molar-refractivity contribution >= 4 is 11.8 Å². The molecular formula is C15H27NO2S. The van der Waals surface area contributed by atoms with Crippen LogP contribution in [0.4, 0.5) is 0 Å². The molecule has 19 heavy (non-hydrogen) atoms. The Hall–Kier alpha value is 0.230. The van der Waals surface area contributed by atoms with Gasteiger partial charge in [0.1, 0.15) is 0 Å². The summed E-state index contributed by atoms with van der Waals surface area (Å²) in [6, 6.07) is 0.665. The number of rotatable bonds is 4. The van der Waals surface area contributed by atoms with E-state index in [-0.39, 0.29) is 5.60 Å². The molecule has 3 fully saturated rings. The lowest BCUT2D eigenvalue weighted by atomic mass is 9.85. The summed E-state index contributed by atoms with van der Waals surface area (Å²) in [4.78, 5) is 0. The van der Waals surface area contributed by atoms with Gasteiger partial charge in [-0.3, -0.25) is 0 Å². The van der Waals surface area contributed by atoms with Gasteiger partial charge in [-0.15, -0.1) is 0 Å². The van der Waals surface area contributed by atoms with Gasteiger partial charge in [-0.1, -0.05) is 0 Å². The molecule has 3 aliphatic heterocycles. The van der Waals surface area contributed by atoms with Crippen molar-refractivity contribution in [2.45, 2.75) is 62.7 Å². The summed E-state index contributed by atoms with van der Waals surface area (Å²) in [6.45, 7) is 3.03. The molecule has 3 rings (SSSR count). The Bertz CT molecular complexity index is 270. The van der Waals surface area contributed by atoms with Crippen molar-refractivity contribution < 1.29 is 9.47 Å². The maximum Gasteiger partial charge on any atom is 0.0713 e. The summed E-state index contributed by atoms with van der Waals surface area (Å²) in [5, 5.41) is 3.75. The highest BCUT2D eigenvalue weighted by atomic mass is 32.2. The number of ether oxygens (including phenoxy) is 2. The zero-order chi connectivity index (χ0) is 13.0. The molecule has 0 bridgehead atoms. The van der Waals surface area contributed by atoms with Crippen molar-refractivity contribution in [3.63, 3.8) is 0 Å². The third-order valence-electron chi connectivity index (χ3n) is 4.82. The summed E-state index contributed by atoms with van der Waals surface area (Å²) >= 11 is 2.08. The van der Waals surface area contributed by atoms with Crippen LogP contribution < -0.4 is 5.32 Å². The molecule has 0 aromatic heterocycles. The molecule has 0 aromatic rings. The third-order valence-corrected chi connectivity index (χ3v) is 5.81. The summed E-state index contributed by atoms with van der Waals surface area (Å²) in [7, 11) is 0. The average Bonchev–Trinajstić information content (AvgIpc) is 2.93. The number of hydrogen-bond donors (Lipinski definition) is 1. The van der Waals surface area contributed by atoms with Crippen LogP contribution in [0.3, 0.4) is 0 Å². The number of thioether (sulfide) groups is 1. The average molecular weight is 285 g/mol. The lowest BCUT2D eigenvalue weighted by molar-refractivity contribution is -0.0932. The molecule has 0 radical (unpaired) electrons. The van der Waals surface area contributed by atoms with Crippen LogP contribution in [-0.2, 0) is 9.47 Å². The Labute approximate surface area is 121 Å². The van der Waals surface area contributed by atoms with Crippen molar-refractivity contribution in [2.75, 3.05) is 31.3 Å². The van der Waals surface area contributed by atoms with E-state index in [9.17, 15) is 0 Å². The fraction of sp³-hybridized carbons (Fsp3) is 1.00. The first kappa shape index (κ1) is 14.2. The van der Waals surface area contributed by atoms with Gasteiger partial charge in [-0.25, -0.2) is 0 Å². The summed E-state index contributed by atoms with van der Waals surface area (Å²) in [5.41, 5.74) is 0.213. The SMILES string of the molecule is C1COC(CCNC2CCOC3(CCSCC3)C2)C1. The van der Waals surface area contributed by atoms with Crippen molar-refractivity contribution in [3.05, 3.63) is 0 Å². The van der Waals surface area contributed by atoms with E-state index in [0.717, 1.165) is 19.8 Å². The Morgan fingerprint density at radius 3 is 2.84 bits per heavy atom. The van der Waals surface area contributed by atoms with Gasteiger partial charge < -0.3 is 14.8 Å². The van der Waals surface area contributed by atoms with Gasteiger partial charge in [-0.2, -0.15) is 11.8 Å². The Kier molecular flexibility index (Phi) is 5.07. The molecule has 3 heterocycles. The van der Waals surface area contributed by atoms with E-state index in [0.29, 0.717) is 12.1 Å². The van der Waals surface area contributed by atoms with Gasteiger partial charge in [-0.05, 0) is 63.0 Å². The third kappa shape index (κ3) is 3.87. The molecule has 1 spiro atoms. The first-order valence-electron chi connectivity index (χ1n) is 7.93. The maximum atomic E-state index is 6.14. The molecule has 3 saturated heterocycles. The molecule has 0 saturated carbocycles. The lowest BCUT2D eigenvalue weighted by Gasteiger charge is -2.43. The van der Waals surface area contributed by atoms with Crippen molar-refractivity contribution in [3.8, 4) is 0 Å². The van der Waals surface area contributed by atoms with E-state index >= 15 is 0 Å². The molecule has 2 unspecified atom stereocenters. The van der Waals surface area contributed by atoms with E-state index in [2.05, 4.69) is 17.1 Å². The van der Waals surface area contributed by atoms with Crippen LogP contribution in [0.15, 0.2) is 0 Å². The summed E-state index contributed by atoms with van der Waals surface area (Å²) in [5.74, 6) is 2.56. The molecule has 0 aromatic carbocycles. The fourth-order valence-electron chi connectivity index (χ4n) is 3.61. The van der Waals surface area contributed by atoms with Gasteiger partial charge >= 0.3 is 0 Å². The monoisotopic (exact) mass is 285 g/mol. The molecule has 3 aliphatic rings. The molecular weight excluding hydrogens is 258 g/mol. The molecule has 2 atom stereocenters. The number of hydrogen-bond acceptors (Lipinski definition) is 4. The molecule has 1 N–H and O–H groups in total. The predicted octanol–water partition coefficient (Wildman–Crippen LogP) is 2.59. The minimum absolute atomic E-state index is 0.213. The van der Waals surface area contributed by atoms with E-state index in [1.807, 2.05) is 0 Å². The quantitative estimate of drug-likeness (QED) is 0.860. The highest BCUT2D eigenvalue weighted by Gasteiger charge is 2.38. The molecule has 0 amide bonds. The minimum Gasteiger partial charge on any atom is -0.378 e. The van der Waals surface area contributed by atoms with Crippen LogP contribution in [0.5, 0.6) is 0 Å². The second-order valence-electron chi connectivity index (χ2n) is 6.21. The highest BCUT2D eigenvalue weighted by molar-refractivity contribution is 7.99. The van der Waals surface area contributed by atoms with Crippen molar-refractivity contribution in [1.82, 2.24) is 5.32 Å². The standard InChI is InChI=1S/C15H27NO2S/c1-2-14(17-8-1)3-7-16-13-4-9-18-15(12-13)5-10-19-11-6-15/h13-14,16H,1-12H2. The second-order valence-corrected chi connectivity index (χ2v) is 7.44. The zero-order valence-corrected chi connectivity index (χ0v) is 12.7. The summed E-state index contributed by atoms with van der Waals surface area (Å²) < 4.78 is 11.8. The summed E-state index contributed by atoms with van der Waals surface area (Å²) in [6.07, 6.45) is 9.12. The highest BCUT2D eigenvalue weighted by Crippen LogP contribution is 2.37. The lowest BCUT2D eigenvalue weighted by Crippen LogP contribution is -2.49. The van der Waals surface area contributed by atoms with Crippen LogP contribution in [0, 0.1) is 0 Å². The largest absolute Gasteiger partial charge is 0.378 e. The van der Waals surface area contributed by atoms with E-state index < -0.39 is 0 Å². The van der Waals surface area contributed by atoms with Crippen LogP contribution >= 0.6 is 11.8 Å². The second kappa shape index (κ2) is 6.79. The van der Waals surface area contributed by atoms with Gasteiger partial charge in [0.25, 0.3) is 0 Å². The number of nitrogens with one attached hydrogen (secondary N) is 1.